The van der Waals surface area contributed by atoms with Crippen LogP contribution in [0.5, 0.6) is 0 Å². The zero-order valence-electron chi connectivity index (χ0n) is 22.4. The summed E-state index contributed by atoms with van der Waals surface area (Å²) in [7, 11) is 0. The summed E-state index contributed by atoms with van der Waals surface area (Å²) in [6, 6.07) is 2.14. The number of piperidine rings is 1. The van der Waals surface area contributed by atoms with Crippen LogP contribution in [0.3, 0.4) is 0 Å². The molecule has 0 aromatic carbocycles. The van der Waals surface area contributed by atoms with Gasteiger partial charge < -0.3 is 4.90 Å². The van der Waals surface area contributed by atoms with Gasteiger partial charge in [0.2, 0.25) is 0 Å². The minimum absolute atomic E-state index is 0.0713. The molecule has 2 saturated heterocycles. The van der Waals surface area contributed by atoms with Crippen molar-refractivity contribution < 1.29 is 4.79 Å². The number of aromatic nitrogens is 1. The second-order valence-electron chi connectivity index (χ2n) is 10.4. The smallest absolute Gasteiger partial charge is 0.270 e. The zero-order chi connectivity index (χ0) is 26.4. The van der Waals surface area contributed by atoms with Gasteiger partial charge in [-0.05, 0) is 49.7 Å². The Kier molecular flexibility index (Phi) is 10.2. The predicted molar refractivity (Wildman–Crippen MR) is 154 cm³/mol. The van der Waals surface area contributed by atoms with Crippen LogP contribution in [0.25, 0.3) is 6.08 Å². The van der Waals surface area contributed by atoms with Crippen LogP contribution in [0.1, 0.15) is 89.3 Å². The molecule has 1 amide bonds. The van der Waals surface area contributed by atoms with Crippen molar-refractivity contribution in [2.45, 2.75) is 86.1 Å². The number of hydrogen-bond acceptors (Lipinski definition) is 6. The molecule has 0 radical (unpaired) electrons. The molecule has 0 bridgehead atoms. The van der Waals surface area contributed by atoms with Crippen molar-refractivity contribution in [3.8, 4) is 6.07 Å². The molecule has 2 fully saturated rings. The van der Waals surface area contributed by atoms with Gasteiger partial charge in [0.1, 0.15) is 21.8 Å². The quantitative estimate of drug-likeness (QED) is 0.208. The third-order valence-electron chi connectivity index (χ3n) is 7.10. The van der Waals surface area contributed by atoms with E-state index in [1.54, 1.807) is 9.47 Å². The number of carbonyl (C=O) groups excluding carboxylic acids is 1. The maximum Gasteiger partial charge on any atom is 0.270 e. The summed E-state index contributed by atoms with van der Waals surface area (Å²) < 4.78 is 2.35. The lowest BCUT2D eigenvalue weighted by Gasteiger charge is -2.39. The lowest BCUT2D eigenvalue weighted by atomic mass is 9.91. The second-order valence-corrected chi connectivity index (χ2v) is 12.1. The van der Waals surface area contributed by atoms with Crippen molar-refractivity contribution in [2.24, 2.45) is 11.8 Å². The van der Waals surface area contributed by atoms with E-state index in [1.165, 1.54) is 31.0 Å². The highest BCUT2D eigenvalue weighted by Gasteiger charge is 2.33. The van der Waals surface area contributed by atoms with Gasteiger partial charge in [0, 0.05) is 31.7 Å². The molecule has 196 valence electrons. The van der Waals surface area contributed by atoms with Crippen LogP contribution in [0, 0.1) is 30.1 Å². The van der Waals surface area contributed by atoms with E-state index in [0.717, 1.165) is 50.2 Å². The monoisotopic (exact) mass is 528 g/mol. The molecular formula is C28H40N4O2S2. The summed E-state index contributed by atoms with van der Waals surface area (Å²) in [4.78, 5) is 31.3. The molecule has 1 aromatic heterocycles. The number of thiocarbonyl (C=S) groups is 1. The summed E-state index contributed by atoms with van der Waals surface area (Å²) >= 11 is 6.91. The summed E-state index contributed by atoms with van der Waals surface area (Å²) in [5, 5.41) is 9.86. The number of carbonyl (C=O) groups is 1. The molecule has 36 heavy (non-hydrogen) atoms. The van der Waals surface area contributed by atoms with Crippen molar-refractivity contribution in [3.63, 3.8) is 0 Å². The first-order valence-electron chi connectivity index (χ1n) is 13.4. The molecule has 6 nitrogen and oxygen atoms in total. The number of thioether (sulfide) groups is 1. The van der Waals surface area contributed by atoms with Crippen molar-refractivity contribution in [1.29, 1.82) is 5.26 Å². The first kappa shape index (κ1) is 28.5. The van der Waals surface area contributed by atoms with Crippen molar-refractivity contribution in [3.05, 3.63) is 31.9 Å². The predicted octanol–water partition coefficient (Wildman–Crippen LogP) is 6.09. The van der Waals surface area contributed by atoms with Gasteiger partial charge in [-0.2, -0.15) is 5.26 Å². The highest BCUT2D eigenvalue weighted by atomic mass is 32.2. The van der Waals surface area contributed by atoms with Crippen LogP contribution in [0.15, 0.2) is 9.70 Å². The van der Waals surface area contributed by atoms with Crippen LogP contribution >= 0.6 is 24.0 Å². The highest BCUT2D eigenvalue weighted by Crippen LogP contribution is 2.37. The fraction of sp³-hybridized carbons (Fsp3) is 0.643. The lowest BCUT2D eigenvalue weighted by molar-refractivity contribution is -0.122. The average Bonchev–Trinajstić information content (AvgIpc) is 3.09. The Bertz CT molecular complexity index is 1110. The molecule has 2 unspecified atom stereocenters. The van der Waals surface area contributed by atoms with Crippen molar-refractivity contribution in [1.82, 2.24) is 9.47 Å². The molecule has 0 spiro atoms. The first-order valence-corrected chi connectivity index (χ1v) is 14.6. The van der Waals surface area contributed by atoms with E-state index < -0.39 is 0 Å². The van der Waals surface area contributed by atoms with Gasteiger partial charge >= 0.3 is 0 Å². The third kappa shape index (κ3) is 6.23. The van der Waals surface area contributed by atoms with E-state index in [9.17, 15) is 14.9 Å². The van der Waals surface area contributed by atoms with Crippen LogP contribution < -0.4 is 10.5 Å². The molecule has 8 heteroatoms. The molecule has 3 rings (SSSR count). The van der Waals surface area contributed by atoms with Crippen molar-refractivity contribution in [2.75, 3.05) is 24.5 Å². The van der Waals surface area contributed by atoms with Gasteiger partial charge in [0.25, 0.3) is 11.5 Å². The molecular weight excluding hydrogens is 488 g/mol. The number of rotatable bonds is 10. The van der Waals surface area contributed by atoms with E-state index in [4.69, 9.17) is 12.2 Å². The number of pyridine rings is 1. The number of amides is 1. The summed E-state index contributed by atoms with van der Waals surface area (Å²) in [6.07, 6.45) is 9.41. The van der Waals surface area contributed by atoms with Crippen LogP contribution in [-0.4, -0.2) is 39.3 Å². The van der Waals surface area contributed by atoms with Crippen molar-refractivity contribution >= 4 is 46.1 Å². The fourth-order valence-electron chi connectivity index (χ4n) is 5.45. The fourth-order valence-corrected chi connectivity index (χ4v) is 6.74. The Morgan fingerprint density at radius 2 is 1.72 bits per heavy atom. The SMILES string of the molecule is CCCCCCCN1C(=O)C(=Cc2c(C)c(C#N)c(=O)n(CCC)c2N2CC(C)CC(C)C2)SC1=S. The maximum absolute atomic E-state index is 13.4. The Labute approximate surface area is 225 Å². The molecule has 2 aliphatic heterocycles. The van der Waals surface area contributed by atoms with E-state index in [2.05, 4.69) is 31.7 Å². The number of nitrogens with zero attached hydrogens (tertiary/aromatic N) is 4. The molecule has 0 N–H and O–H groups in total. The molecule has 3 heterocycles. The van der Waals surface area contributed by atoms with Gasteiger partial charge in [-0.3, -0.25) is 19.1 Å². The van der Waals surface area contributed by atoms with Gasteiger partial charge in [-0.15, -0.1) is 0 Å². The summed E-state index contributed by atoms with van der Waals surface area (Å²) in [6.45, 7) is 13.4. The minimum atomic E-state index is -0.241. The third-order valence-corrected chi connectivity index (χ3v) is 8.47. The minimum Gasteiger partial charge on any atom is -0.357 e. The van der Waals surface area contributed by atoms with Gasteiger partial charge in [-0.25, -0.2) is 0 Å². The van der Waals surface area contributed by atoms with Crippen LogP contribution in [-0.2, 0) is 11.3 Å². The van der Waals surface area contributed by atoms with E-state index in [0.29, 0.717) is 39.7 Å². The van der Waals surface area contributed by atoms with E-state index in [-0.39, 0.29) is 17.0 Å². The average molecular weight is 529 g/mol. The number of hydrogen-bond donors (Lipinski definition) is 0. The molecule has 1 aromatic rings. The lowest BCUT2D eigenvalue weighted by Crippen LogP contribution is -2.43. The highest BCUT2D eigenvalue weighted by molar-refractivity contribution is 8.26. The van der Waals surface area contributed by atoms with Gasteiger partial charge in [0.05, 0.1) is 4.91 Å². The number of nitriles is 1. The Morgan fingerprint density at radius 1 is 1.06 bits per heavy atom. The molecule has 0 aliphatic carbocycles. The van der Waals surface area contributed by atoms with Gasteiger partial charge in [-0.1, -0.05) is 77.4 Å². The second kappa shape index (κ2) is 12.9. The summed E-state index contributed by atoms with van der Waals surface area (Å²) in [5.74, 6) is 1.75. The Hall–Kier alpha value is -2.11. The largest absolute Gasteiger partial charge is 0.357 e. The van der Waals surface area contributed by atoms with Gasteiger partial charge in [0.15, 0.2) is 0 Å². The number of anilines is 1. The molecule has 0 saturated carbocycles. The van der Waals surface area contributed by atoms with E-state index in [1.807, 2.05) is 19.9 Å². The van der Waals surface area contributed by atoms with E-state index >= 15 is 0 Å². The number of unbranched alkanes of at least 4 members (excludes halogenated alkanes) is 4. The Balaban J connectivity index is 2.06. The van der Waals surface area contributed by atoms with Crippen LogP contribution in [0.4, 0.5) is 5.82 Å². The topological polar surface area (TPSA) is 69.3 Å². The Morgan fingerprint density at radius 3 is 2.33 bits per heavy atom. The summed E-state index contributed by atoms with van der Waals surface area (Å²) in [5.41, 5.74) is 1.35. The zero-order valence-corrected chi connectivity index (χ0v) is 24.1. The standard InChI is InChI=1S/C28H40N4O2S2/c1-6-8-9-10-11-13-32-27(34)24(36-28(32)35)15-22-21(5)23(16-29)26(33)31(12-7-2)25(22)30-17-19(3)14-20(4)18-30/h15,19-20H,6-14,17-18H2,1-5H3. The van der Waals surface area contributed by atoms with Crippen LogP contribution in [0.2, 0.25) is 0 Å². The first-order chi connectivity index (χ1) is 17.2. The normalized spacial score (nSPS) is 21.5. The molecule has 2 atom stereocenters. The molecule has 2 aliphatic rings. The maximum atomic E-state index is 13.4.